The van der Waals surface area contributed by atoms with E-state index >= 15 is 0 Å². The van der Waals surface area contributed by atoms with Crippen molar-refractivity contribution in [3.8, 4) is 0 Å². The van der Waals surface area contributed by atoms with E-state index in [1.54, 1.807) is 0 Å². The van der Waals surface area contributed by atoms with E-state index in [0.717, 1.165) is 25.6 Å². The fraction of sp³-hybridized carbons (Fsp3) is 0.933. The van der Waals surface area contributed by atoms with E-state index < -0.39 is 9.84 Å². The van der Waals surface area contributed by atoms with E-state index in [0.29, 0.717) is 12.0 Å². The van der Waals surface area contributed by atoms with Crippen molar-refractivity contribution in [1.82, 2.24) is 10.2 Å². The molecule has 0 aromatic carbocycles. The third-order valence-corrected chi connectivity index (χ3v) is 4.92. The molecule has 1 aliphatic heterocycles. The number of guanidine groups is 1. The van der Waals surface area contributed by atoms with Gasteiger partial charge in [-0.2, -0.15) is 0 Å². The predicted octanol–water partition coefficient (Wildman–Crippen LogP) is 2.52. The molecule has 7 heteroatoms. The summed E-state index contributed by atoms with van der Waals surface area (Å²) in [6, 6.07) is 0. The lowest BCUT2D eigenvalue weighted by atomic mass is 9.78. The minimum atomic E-state index is -2.95. The van der Waals surface area contributed by atoms with E-state index in [1.165, 1.54) is 31.9 Å². The molecule has 5 nitrogen and oxygen atoms in total. The van der Waals surface area contributed by atoms with Crippen LogP contribution in [0.5, 0.6) is 0 Å². The average Bonchev–Trinajstić information content (AvgIpc) is 2.36. The topological polar surface area (TPSA) is 61.8 Å². The van der Waals surface area contributed by atoms with Crippen LogP contribution in [0.1, 0.15) is 46.5 Å². The molecule has 1 heterocycles. The number of likely N-dealkylation sites (tertiary alicyclic amines) is 1. The molecule has 22 heavy (non-hydrogen) atoms. The average molecular weight is 445 g/mol. The van der Waals surface area contributed by atoms with Gasteiger partial charge in [-0.25, -0.2) is 8.42 Å². The summed E-state index contributed by atoms with van der Waals surface area (Å²) in [4.78, 5) is 6.80. The minimum absolute atomic E-state index is 0. The summed E-state index contributed by atoms with van der Waals surface area (Å²) in [5, 5.41) is 3.30. The molecule has 0 amide bonds. The second kappa shape index (κ2) is 9.95. The number of halogens is 1. The largest absolute Gasteiger partial charge is 0.357 e. The summed E-state index contributed by atoms with van der Waals surface area (Å²) in [7, 11) is -2.95. The highest BCUT2D eigenvalue weighted by Gasteiger charge is 2.31. The Balaban J connectivity index is 0.00000441. The Kier molecular flexibility index (Phi) is 9.93. The van der Waals surface area contributed by atoms with Gasteiger partial charge in [-0.15, -0.1) is 24.0 Å². The molecule has 1 N–H and O–H groups in total. The molecular weight excluding hydrogens is 413 g/mol. The molecule has 0 aromatic rings. The first-order valence-corrected chi connectivity index (χ1v) is 10.1. The highest BCUT2D eigenvalue weighted by molar-refractivity contribution is 14.0. The summed E-state index contributed by atoms with van der Waals surface area (Å²) in [5.74, 6) is 0.977. The number of aliphatic imine (C=N–C) groups is 1. The first-order valence-electron chi connectivity index (χ1n) is 8.00. The molecule has 1 unspecified atom stereocenters. The Morgan fingerprint density at radius 2 is 2.05 bits per heavy atom. The molecule has 1 rings (SSSR count). The van der Waals surface area contributed by atoms with Crippen LogP contribution in [0.4, 0.5) is 0 Å². The number of sulfone groups is 1. The lowest BCUT2D eigenvalue weighted by Crippen LogP contribution is -2.50. The third-order valence-electron chi connectivity index (χ3n) is 3.99. The van der Waals surface area contributed by atoms with Crippen LogP contribution in [0, 0.1) is 5.41 Å². The third kappa shape index (κ3) is 7.99. The van der Waals surface area contributed by atoms with Gasteiger partial charge in [0, 0.05) is 25.9 Å². The van der Waals surface area contributed by atoms with Crippen molar-refractivity contribution in [3.63, 3.8) is 0 Å². The van der Waals surface area contributed by atoms with Crippen LogP contribution < -0.4 is 5.32 Å². The van der Waals surface area contributed by atoms with Crippen LogP contribution >= 0.6 is 24.0 Å². The van der Waals surface area contributed by atoms with Crippen molar-refractivity contribution in [2.45, 2.75) is 46.5 Å². The van der Waals surface area contributed by atoms with Gasteiger partial charge >= 0.3 is 0 Å². The van der Waals surface area contributed by atoms with Gasteiger partial charge in [-0.05, 0) is 31.6 Å². The molecule has 132 valence electrons. The van der Waals surface area contributed by atoms with Gasteiger partial charge in [-0.1, -0.05) is 20.3 Å². The van der Waals surface area contributed by atoms with Crippen LogP contribution in [0.15, 0.2) is 4.99 Å². The Bertz CT molecular complexity index is 450. The number of nitrogens with zero attached hydrogens (tertiary/aromatic N) is 2. The Morgan fingerprint density at radius 3 is 2.59 bits per heavy atom. The Morgan fingerprint density at radius 1 is 1.36 bits per heavy atom. The number of nitrogens with one attached hydrogen (secondary N) is 1. The molecule has 1 aliphatic rings. The molecule has 0 bridgehead atoms. The molecule has 0 saturated carbocycles. The maximum absolute atomic E-state index is 11.2. The lowest BCUT2D eigenvalue weighted by Gasteiger charge is -2.42. The van der Waals surface area contributed by atoms with E-state index in [4.69, 9.17) is 0 Å². The maximum atomic E-state index is 11.2. The molecular formula is C15H32IN3O2S. The smallest absolute Gasteiger partial charge is 0.193 e. The zero-order valence-electron chi connectivity index (χ0n) is 14.4. The summed E-state index contributed by atoms with van der Waals surface area (Å²) in [6.07, 6.45) is 6.13. The van der Waals surface area contributed by atoms with Crippen molar-refractivity contribution in [2.75, 3.05) is 38.2 Å². The number of rotatable bonds is 6. The quantitative estimate of drug-likeness (QED) is 0.388. The van der Waals surface area contributed by atoms with E-state index in [9.17, 15) is 8.42 Å². The summed E-state index contributed by atoms with van der Waals surface area (Å²) in [6.45, 7) is 9.77. The van der Waals surface area contributed by atoms with Crippen molar-refractivity contribution >= 4 is 39.8 Å². The van der Waals surface area contributed by atoms with Gasteiger partial charge in [0.1, 0.15) is 9.84 Å². The second-order valence-corrected chi connectivity index (χ2v) is 8.71. The van der Waals surface area contributed by atoms with E-state index in [-0.39, 0.29) is 29.7 Å². The fourth-order valence-corrected chi connectivity index (χ4v) is 3.47. The van der Waals surface area contributed by atoms with Crippen molar-refractivity contribution in [2.24, 2.45) is 10.4 Å². The minimum Gasteiger partial charge on any atom is -0.357 e. The fourth-order valence-electron chi connectivity index (χ4n) is 3.05. The van der Waals surface area contributed by atoms with Crippen LogP contribution in [-0.2, 0) is 9.84 Å². The van der Waals surface area contributed by atoms with Gasteiger partial charge in [0.2, 0.25) is 0 Å². The summed E-state index contributed by atoms with van der Waals surface area (Å²) < 4.78 is 22.5. The van der Waals surface area contributed by atoms with Gasteiger partial charge in [-0.3, -0.25) is 4.99 Å². The standard InChI is InChI=1S/C15H31N3O2S.HI/c1-5-8-15(3)9-7-11-18(13-15)14(16-6-2)17-10-12-21(4,19)20;/h5-13H2,1-4H3,(H,16,17);1H. The number of piperidine rings is 1. The predicted molar refractivity (Wildman–Crippen MR) is 105 cm³/mol. The normalized spacial score (nSPS) is 23.1. The molecule has 0 aliphatic carbocycles. The van der Waals surface area contributed by atoms with Crippen molar-refractivity contribution in [3.05, 3.63) is 0 Å². The first kappa shape index (κ1) is 21.9. The van der Waals surface area contributed by atoms with Crippen LogP contribution in [-0.4, -0.2) is 57.5 Å². The summed E-state index contributed by atoms with van der Waals surface area (Å²) in [5.41, 5.74) is 0.347. The van der Waals surface area contributed by atoms with E-state index in [1.807, 2.05) is 6.92 Å². The van der Waals surface area contributed by atoms with Crippen LogP contribution in [0.2, 0.25) is 0 Å². The highest BCUT2D eigenvalue weighted by Crippen LogP contribution is 2.33. The summed E-state index contributed by atoms with van der Waals surface area (Å²) >= 11 is 0. The maximum Gasteiger partial charge on any atom is 0.193 e. The molecule has 0 aromatic heterocycles. The van der Waals surface area contributed by atoms with Crippen LogP contribution in [0.3, 0.4) is 0 Å². The van der Waals surface area contributed by atoms with Gasteiger partial charge in [0.25, 0.3) is 0 Å². The molecule has 0 spiro atoms. The SMILES string of the molecule is CCCC1(C)CCCN(C(=NCCS(C)(=O)=O)NCC)C1.I. The zero-order chi connectivity index (χ0) is 15.9. The second-order valence-electron chi connectivity index (χ2n) is 6.45. The van der Waals surface area contributed by atoms with Crippen LogP contribution in [0.25, 0.3) is 0 Å². The van der Waals surface area contributed by atoms with Gasteiger partial charge in [0.15, 0.2) is 5.96 Å². The number of hydrogen-bond donors (Lipinski definition) is 1. The van der Waals surface area contributed by atoms with Gasteiger partial charge < -0.3 is 10.2 Å². The zero-order valence-corrected chi connectivity index (χ0v) is 17.5. The Labute approximate surface area is 153 Å². The first-order chi connectivity index (χ1) is 9.79. The van der Waals surface area contributed by atoms with Crippen molar-refractivity contribution in [1.29, 1.82) is 0 Å². The molecule has 1 fully saturated rings. The van der Waals surface area contributed by atoms with Gasteiger partial charge in [0.05, 0.1) is 12.3 Å². The highest BCUT2D eigenvalue weighted by atomic mass is 127. The monoisotopic (exact) mass is 445 g/mol. The molecule has 1 saturated heterocycles. The van der Waals surface area contributed by atoms with Crippen molar-refractivity contribution < 1.29 is 8.42 Å². The molecule has 1 atom stereocenters. The number of hydrogen-bond acceptors (Lipinski definition) is 3. The van der Waals surface area contributed by atoms with E-state index in [2.05, 4.69) is 29.1 Å². The lowest BCUT2D eigenvalue weighted by molar-refractivity contribution is 0.142. The molecule has 0 radical (unpaired) electrons. The Hall–Kier alpha value is -0.0500.